The Balaban J connectivity index is 1.68. The first-order valence-electron chi connectivity index (χ1n) is 9.04. The lowest BCUT2D eigenvalue weighted by Crippen LogP contribution is -2.23. The molecule has 1 unspecified atom stereocenters. The predicted molar refractivity (Wildman–Crippen MR) is 109 cm³/mol. The van der Waals surface area contributed by atoms with Crippen molar-refractivity contribution >= 4 is 34.4 Å². The zero-order valence-corrected chi connectivity index (χ0v) is 17.1. The number of methoxy groups -OCH3 is 1. The first-order chi connectivity index (χ1) is 14.3. The van der Waals surface area contributed by atoms with Crippen LogP contribution in [-0.4, -0.2) is 40.8 Å². The highest BCUT2D eigenvalue weighted by Crippen LogP contribution is 2.28. The minimum Gasteiger partial charge on any atom is -0.406 e. The summed E-state index contributed by atoms with van der Waals surface area (Å²) in [4.78, 5) is 17.2. The molecule has 1 heterocycles. The number of fused-ring (bicyclic) bond motifs is 1. The van der Waals surface area contributed by atoms with Gasteiger partial charge in [0.05, 0.1) is 22.9 Å². The van der Waals surface area contributed by atoms with E-state index in [-0.39, 0.29) is 11.7 Å². The Kier molecular flexibility index (Phi) is 6.88. The number of halogens is 3. The van der Waals surface area contributed by atoms with E-state index < -0.39 is 11.6 Å². The van der Waals surface area contributed by atoms with Crippen LogP contribution in [0.5, 0.6) is 5.75 Å². The van der Waals surface area contributed by atoms with Crippen LogP contribution in [0.2, 0.25) is 0 Å². The van der Waals surface area contributed by atoms with E-state index in [9.17, 15) is 18.0 Å². The number of thioether (sulfide) groups is 1. The van der Waals surface area contributed by atoms with Crippen molar-refractivity contribution in [3.05, 3.63) is 48.5 Å². The summed E-state index contributed by atoms with van der Waals surface area (Å²) in [7, 11) is 1.62. The normalized spacial score (nSPS) is 12.7. The van der Waals surface area contributed by atoms with E-state index in [1.807, 2.05) is 28.8 Å². The van der Waals surface area contributed by atoms with Gasteiger partial charge in [-0.2, -0.15) is 0 Å². The fourth-order valence-corrected chi connectivity index (χ4v) is 3.69. The monoisotopic (exact) mass is 439 g/mol. The van der Waals surface area contributed by atoms with Crippen LogP contribution >= 0.6 is 11.8 Å². The Morgan fingerprint density at radius 2 is 1.90 bits per heavy atom. The first-order valence-corrected chi connectivity index (χ1v) is 9.92. The number of imidazole rings is 1. The highest BCUT2D eigenvalue weighted by Gasteiger charge is 2.31. The molecule has 3 rings (SSSR count). The van der Waals surface area contributed by atoms with E-state index in [0.29, 0.717) is 24.0 Å². The van der Waals surface area contributed by atoms with Crippen LogP contribution in [0.3, 0.4) is 0 Å². The molecule has 0 spiro atoms. The lowest BCUT2D eigenvalue weighted by molar-refractivity contribution is -0.274. The van der Waals surface area contributed by atoms with Crippen molar-refractivity contribution < 1.29 is 27.4 Å². The SMILES string of the molecule is COCCn1c(SC(C)C(=O)Nc2ccc(OC(F)(F)F)cc2)nc2ccccc21. The van der Waals surface area contributed by atoms with E-state index in [1.54, 1.807) is 14.0 Å². The Morgan fingerprint density at radius 1 is 1.20 bits per heavy atom. The fourth-order valence-electron chi connectivity index (χ4n) is 2.74. The van der Waals surface area contributed by atoms with Crippen molar-refractivity contribution in [1.29, 1.82) is 0 Å². The van der Waals surface area contributed by atoms with Crippen LogP contribution in [0.1, 0.15) is 6.92 Å². The van der Waals surface area contributed by atoms with Crippen molar-refractivity contribution in [3.63, 3.8) is 0 Å². The zero-order chi connectivity index (χ0) is 21.7. The molecule has 1 aromatic heterocycles. The van der Waals surface area contributed by atoms with Gasteiger partial charge in [-0.1, -0.05) is 23.9 Å². The molecule has 3 aromatic rings. The van der Waals surface area contributed by atoms with Crippen molar-refractivity contribution in [2.45, 2.75) is 30.2 Å². The van der Waals surface area contributed by atoms with E-state index in [1.165, 1.54) is 23.9 Å². The van der Waals surface area contributed by atoms with Gasteiger partial charge in [-0.05, 0) is 43.3 Å². The van der Waals surface area contributed by atoms with Crippen LogP contribution < -0.4 is 10.1 Å². The summed E-state index contributed by atoms with van der Waals surface area (Å²) in [6.45, 7) is 2.83. The summed E-state index contributed by atoms with van der Waals surface area (Å²) >= 11 is 1.30. The molecule has 1 atom stereocenters. The van der Waals surface area contributed by atoms with Crippen LogP contribution in [-0.2, 0) is 16.1 Å². The number of benzene rings is 2. The summed E-state index contributed by atoms with van der Waals surface area (Å²) in [6.07, 6.45) is -4.76. The first kappa shape index (κ1) is 22.0. The lowest BCUT2D eigenvalue weighted by atomic mass is 10.3. The van der Waals surface area contributed by atoms with Gasteiger partial charge in [-0.3, -0.25) is 4.79 Å². The van der Waals surface area contributed by atoms with Gasteiger partial charge >= 0.3 is 6.36 Å². The number of amides is 1. The number of para-hydroxylation sites is 2. The minimum atomic E-state index is -4.76. The third-order valence-corrected chi connectivity index (χ3v) is 5.24. The predicted octanol–water partition coefficient (Wildman–Crippen LogP) is 4.70. The number of nitrogens with one attached hydrogen (secondary N) is 1. The fraction of sp³-hybridized carbons (Fsp3) is 0.300. The largest absolute Gasteiger partial charge is 0.573 e. The molecule has 2 aromatic carbocycles. The number of alkyl halides is 3. The summed E-state index contributed by atoms with van der Waals surface area (Å²) in [5.41, 5.74) is 2.14. The van der Waals surface area contributed by atoms with E-state index in [2.05, 4.69) is 15.0 Å². The quantitative estimate of drug-likeness (QED) is 0.516. The molecule has 0 aliphatic rings. The smallest absolute Gasteiger partial charge is 0.406 e. The molecule has 0 radical (unpaired) electrons. The number of hydrogen-bond acceptors (Lipinski definition) is 5. The molecular weight excluding hydrogens is 419 g/mol. The Bertz CT molecular complexity index is 1010. The molecule has 10 heteroatoms. The maximum atomic E-state index is 12.6. The van der Waals surface area contributed by atoms with Crippen molar-refractivity contribution in [2.75, 3.05) is 19.0 Å². The molecule has 1 amide bonds. The Morgan fingerprint density at radius 3 is 2.57 bits per heavy atom. The van der Waals surface area contributed by atoms with Crippen LogP contribution in [0.25, 0.3) is 11.0 Å². The second-order valence-corrected chi connectivity index (χ2v) is 7.66. The third-order valence-electron chi connectivity index (χ3n) is 4.15. The molecule has 0 aliphatic carbocycles. The number of aromatic nitrogens is 2. The summed E-state index contributed by atoms with van der Waals surface area (Å²) in [6, 6.07) is 12.7. The van der Waals surface area contributed by atoms with Crippen LogP contribution in [0, 0.1) is 0 Å². The molecule has 0 aliphatic heterocycles. The van der Waals surface area contributed by atoms with E-state index in [0.717, 1.165) is 23.2 Å². The Hall–Kier alpha value is -2.72. The minimum absolute atomic E-state index is 0.296. The lowest BCUT2D eigenvalue weighted by Gasteiger charge is -2.14. The van der Waals surface area contributed by atoms with Gasteiger partial charge in [0.25, 0.3) is 0 Å². The van der Waals surface area contributed by atoms with Gasteiger partial charge < -0.3 is 19.4 Å². The number of nitrogens with zero attached hydrogens (tertiary/aromatic N) is 2. The molecule has 6 nitrogen and oxygen atoms in total. The highest BCUT2D eigenvalue weighted by atomic mass is 32.2. The molecule has 0 fully saturated rings. The molecular formula is C20H20F3N3O3S. The topological polar surface area (TPSA) is 65.4 Å². The molecule has 0 saturated carbocycles. The van der Waals surface area contributed by atoms with Crippen LogP contribution in [0.15, 0.2) is 53.7 Å². The Labute approximate surface area is 175 Å². The zero-order valence-electron chi connectivity index (χ0n) is 16.3. The second kappa shape index (κ2) is 9.40. The van der Waals surface area contributed by atoms with E-state index >= 15 is 0 Å². The van der Waals surface area contributed by atoms with Gasteiger partial charge in [0.15, 0.2) is 5.16 Å². The van der Waals surface area contributed by atoms with Crippen molar-refractivity contribution in [3.8, 4) is 5.75 Å². The van der Waals surface area contributed by atoms with E-state index in [4.69, 9.17) is 4.74 Å². The summed E-state index contributed by atoms with van der Waals surface area (Å²) in [5.74, 6) is -0.648. The van der Waals surface area contributed by atoms with Gasteiger partial charge in [-0.15, -0.1) is 13.2 Å². The molecule has 0 bridgehead atoms. The summed E-state index contributed by atoms with van der Waals surface area (Å²) < 4.78 is 47.7. The van der Waals surface area contributed by atoms with Gasteiger partial charge in [0.1, 0.15) is 5.75 Å². The van der Waals surface area contributed by atoms with Crippen LogP contribution in [0.4, 0.5) is 18.9 Å². The molecule has 1 N–H and O–H groups in total. The maximum Gasteiger partial charge on any atom is 0.573 e. The molecule has 160 valence electrons. The average Bonchev–Trinajstić information content (AvgIpc) is 3.03. The number of hydrogen-bond donors (Lipinski definition) is 1. The number of anilines is 1. The second-order valence-electron chi connectivity index (χ2n) is 6.35. The maximum absolute atomic E-state index is 12.6. The molecule has 0 saturated heterocycles. The third kappa shape index (κ3) is 5.67. The van der Waals surface area contributed by atoms with Gasteiger partial charge in [-0.25, -0.2) is 4.98 Å². The standard InChI is InChI=1S/C20H20F3N3O3S/c1-13(18(27)24-14-7-9-15(10-8-14)29-20(21,22)23)30-19-25-16-5-3-4-6-17(16)26(19)11-12-28-2/h3-10,13H,11-12H2,1-2H3,(H,24,27). The number of carbonyl (C=O) groups is 1. The highest BCUT2D eigenvalue weighted by molar-refractivity contribution is 8.00. The van der Waals surface area contributed by atoms with Gasteiger partial charge in [0.2, 0.25) is 5.91 Å². The van der Waals surface area contributed by atoms with Gasteiger partial charge in [0, 0.05) is 19.3 Å². The number of rotatable bonds is 8. The number of carbonyl (C=O) groups excluding carboxylic acids is 1. The van der Waals surface area contributed by atoms with Crippen molar-refractivity contribution in [2.24, 2.45) is 0 Å². The molecule has 30 heavy (non-hydrogen) atoms. The van der Waals surface area contributed by atoms with Crippen molar-refractivity contribution in [1.82, 2.24) is 9.55 Å². The summed E-state index contributed by atoms with van der Waals surface area (Å²) in [5, 5.41) is 2.88. The number of ether oxygens (including phenoxy) is 2. The average molecular weight is 439 g/mol.